The molecule has 3 nitrogen and oxygen atoms in total. The van der Waals surface area contributed by atoms with Crippen LogP contribution in [0.2, 0.25) is 0 Å². The maximum absolute atomic E-state index is 10.0. The molecule has 0 spiro atoms. The van der Waals surface area contributed by atoms with Crippen LogP contribution in [0.5, 0.6) is 11.5 Å². The first-order chi connectivity index (χ1) is 7.72. The van der Waals surface area contributed by atoms with Crippen LogP contribution in [0, 0.1) is 0 Å². The largest absolute Gasteiger partial charge is 0.504 e. The van der Waals surface area contributed by atoms with Gasteiger partial charge in [0.2, 0.25) is 0 Å². The number of halogens is 1. The second-order valence-corrected chi connectivity index (χ2v) is 4.94. The van der Waals surface area contributed by atoms with Gasteiger partial charge < -0.3 is 15.2 Å². The highest BCUT2D eigenvalue weighted by atomic mass is 79.9. The molecule has 4 heteroatoms. The van der Waals surface area contributed by atoms with Crippen LogP contribution < -0.4 is 10.1 Å². The maximum Gasteiger partial charge on any atom is 0.174 e. The topological polar surface area (TPSA) is 41.5 Å². The summed E-state index contributed by atoms with van der Waals surface area (Å²) in [4.78, 5) is 0. The number of ether oxygens (including phenoxy) is 1. The van der Waals surface area contributed by atoms with Crippen LogP contribution in [0.25, 0.3) is 0 Å². The SMILES string of the molecule is COc1c(Br)ccc(CC2CCCN2)c1O. The first-order valence-electron chi connectivity index (χ1n) is 5.50. The van der Waals surface area contributed by atoms with Gasteiger partial charge in [-0.05, 0) is 53.4 Å². The molecular weight excluding hydrogens is 270 g/mol. The molecule has 1 atom stereocenters. The number of hydrogen-bond acceptors (Lipinski definition) is 3. The summed E-state index contributed by atoms with van der Waals surface area (Å²) in [6.45, 7) is 1.08. The monoisotopic (exact) mass is 285 g/mol. The van der Waals surface area contributed by atoms with Gasteiger partial charge in [0.25, 0.3) is 0 Å². The Balaban J connectivity index is 2.20. The van der Waals surface area contributed by atoms with Crippen LogP contribution in [-0.4, -0.2) is 24.8 Å². The molecule has 88 valence electrons. The average Bonchev–Trinajstić information content (AvgIpc) is 2.76. The zero-order valence-corrected chi connectivity index (χ0v) is 10.9. The molecule has 1 unspecified atom stereocenters. The summed E-state index contributed by atoms with van der Waals surface area (Å²) >= 11 is 3.35. The van der Waals surface area contributed by atoms with E-state index in [1.54, 1.807) is 7.11 Å². The summed E-state index contributed by atoms with van der Waals surface area (Å²) < 4.78 is 5.95. The Bertz CT molecular complexity index is 376. The zero-order chi connectivity index (χ0) is 11.5. The molecule has 0 aliphatic carbocycles. The van der Waals surface area contributed by atoms with Gasteiger partial charge in [0.15, 0.2) is 11.5 Å². The van der Waals surface area contributed by atoms with E-state index in [0.29, 0.717) is 11.8 Å². The third-order valence-corrected chi connectivity index (χ3v) is 3.62. The lowest BCUT2D eigenvalue weighted by Crippen LogP contribution is -2.23. The lowest BCUT2D eigenvalue weighted by atomic mass is 10.0. The van der Waals surface area contributed by atoms with Crippen molar-refractivity contribution < 1.29 is 9.84 Å². The van der Waals surface area contributed by atoms with E-state index in [2.05, 4.69) is 21.2 Å². The van der Waals surface area contributed by atoms with Crippen molar-refractivity contribution in [3.05, 3.63) is 22.2 Å². The highest BCUT2D eigenvalue weighted by Crippen LogP contribution is 2.37. The lowest BCUT2D eigenvalue weighted by molar-refractivity contribution is 0.367. The summed E-state index contributed by atoms with van der Waals surface area (Å²) in [5.41, 5.74) is 0.944. The Morgan fingerprint density at radius 1 is 1.56 bits per heavy atom. The molecule has 1 saturated heterocycles. The molecule has 0 amide bonds. The van der Waals surface area contributed by atoms with E-state index in [1.807, 2.05) is 12.1 Å². The first-order valence-corrected chi connectivity index (χ1v) is 6.29. The number of aromatic hydroxyl groups is 1. The van der Waals surface area contributed by atoms with Gasteiger partial charge in [-0.1, -0.05) is 6.07 Å². The Kier molecular flexibility index (Phi) is 3.71. The minimum atomic E-state index is 0.255. The van der Waals surface area contributed by atoms with Crippen molar-refractivity contribution in [2.45, 2.75) is 25.3 Å². The Hall–Kier alpha value is -0.740. The molecule has 1 aromatic carbocycles. The second-order valence-electron chi connectivity index (χ2n) is 4.09. The highest BCUT2D eigenvalue weighted by molar-refractivity contribution is 9.10. The molecule has 1 aliphatic rings. The molecule has 1 aromatic rings. The molecule has 0 radical (unpaired) electrons. The van der Waals surface area contributed by atoms with Crippen molar-refractivity contribution in [3.8, 4) is 11.5 Å². The number of methoxy groups -OCH3 is 1. The summed E-state index contributed by atoms with van der Waals surface area (Å²) in [6.07, 6.45) is 3.26. The van der Waals surface area contributed by atoms with Crippen LogP contribution in [-0.2, 0) is 6.42 Å². The van der Waals surface area contributed by atoms with Gasteiger partial charge in [-0.15, -0.1) is 0 Å². The minimum Gasteiger partial charge on any atom is -0.504 e. The molecule has 1 heterocycles. The fourth-order valence-electron chi connectivity index (χ4n) is 2.14. The molecule has 0 saturated carbocycles. The Labute approximate surface area is 104 Å². The van der Waals surface area contributed by atoms with E-state index in [4.69, 9.17) is 4.74 Å². The van der Waals surface area contributed by atoms with E-state index in [9.17, 15) is 5.11 Å². The fraction of sp³-hybridized carbons (Fsp3) is 0.500. The third-order valence-electron chi connectivity index (χ3n) is 3.00. The molecule has 0 aromatic heterocycles. The summed E-state index contributed by atoms with van der Waals surface area (Å²) in [5, 5.41) is 13.5. The lowest BCUT2D eigenvalue weighted by Gasteiger charge is -2.14. The zero-order valence-electron chi connectivity index (χ0n) is 9.29. The molecule has 2 N–H and O–H groups in total. The van der Waals surface area contributed by atoms with Crippen LogP contribution in [0.15, 0.2) is 16.6 Å². The van der Waals surface area contributed by atoms with Crippen molar-refractivity contribution in [1.82, 2.24) is 5.32 Å². The standard InChI is InChI=1S/C12H16BrNO2/c1-16-12-10(13)5-4-8(11(12)15)7-9-3-2-6-14-9/h4-5,9,14-15H,2-3,6-7H2,1H3. The number of phenolic OH excluding ortho intramolecular Hbond substituents is 1. The first kappa shape index (κ1) is 11.7. The van der Waals surface area contributed by atoms with Gasteiger partial charge in [-0.2, -0.15) is 0 Å². The quantitative estimate of drug-likeness (QED) is 0.897. The fourth-order valence-corrected chi connectivity index (χ4v) is 2.62. The molecule has 1 aliphatic heterocycles. The second kappa shape index (κ2) is 5.06. The van der Waals surface area contributed by atoms with Gasteiger partial charge in [0.05, 0.1) is 11.6 Å². The Morgan fingerprint density at radius 3 is 3.00 bits per heavy atom. The molecule has 1 fully saturated rings. The van der Waals surface area contributed by atoms with E-state index >= 15 is 0 Å². The van der Waals surface area contributed by atoms with Crippen molar-refractivity contribution in [2.24, 2.45) is 0 Å². The molecular formula is C12H16BrNO2. The normalized spacial score (nSPS) is 20.0. The average molecular weight is 286 g/mol. The van der Waals surface area contributed by atoms with Crippen LogP contribution in [0.1, 0.15) is 18.4 Å². The number of rotatable bonds is 3. The minimum absolute atomic E-state index is 0.255. The summed E-state index contributed by atoms with van der Waals surface area (Å²) in [5.74, 6) is 0.779. The van der Waals surface area contributed by atoms with Gasteiger partial charge in [-0.3, -0.25) is 0 Å². The summed E-state index contributed by atoms with van der Waals surface area (Å²) in [7, 11) is 1.57. The van der Waals surface area contributed by atoms with Gasteiger partial charge in [-0.25, -0.2) is 0 Å². The molecule has 16 heavy (non-hydrogen) atoms. The van der Waals surface area contributed by atoms with Crippen molar-refractivity contribution in [3.63, 3.8) is 0 Å². The van der Waals surface area contributed by atoms with Crippen LogP contribution >= 0.6 is 15.9 Å². The number of hydrogen-bond donors (Lipinski definition) is 2. The number of phenols is 1. The Morgan fingerprint density at radius 2 is 2.38 bits per heavy atom. The summed E-state index contributed by atoms with van der Waals surface area (Å²) in [6, 6.07) is 4.35. The highest BCUT2D eigenvalue weighted by Gasteiger charge is 2.18. The van der Waals surface area contributed by atoms with Crippen LogP contribution in [0.3, 0.4) is 0 Å². The van der Waals surface area contributed by atoms with E-state index in [0.717, 1.165) is 23.0 Å². The number of nitrogens with one attached hydrogen (secondary N) is 1. The molecule has 2 rings (SSSR count). The van der Waals surface area contributed by atoms with E-state index in [-0.39, 0.29) is 5.75 Å². The maximum atomic E-state index is 10.0. The van der Waals surface area contributed by atoms with Crippen molar-refractivity contribution >= 4 is 15.9 Å². The number of benzene rings is 1. The molecule has 0 bridgehead atoms. The van der Waals surface area contributed by atoms with E-state index in [1.165, 1.54) is 12.8 Å². The smallest absolute Gasteiger partial charge is 0.174 e. The van der Waals surface area contributed by atoms with Gasteiger partial charge in [0, 0.05) is 6.04 Å². The predicted molar refractivity (Wildman–Crippen MR) is 67.1 cm³/mol. The van der Waals surface area contributed by atoms with Gasteiger partial charge in [0.1, 0.15) is 0 Å². The third kappa shape index (κ3) is 2.33. The van der Waals surface area contributed by atoms with Crippen molar-refractivity contribution in [2.75, 3.05) is 13.7 Å². The van der Waals surface area contributed by atoms with E-state index < -0.39 is 0 Å². The van der Waals surface area contributed by atoms with Crippen LogP contribution in [0.4, 0.5) is 0 Å². The van der Waals surface area contributed by atoms with Gasteiger partial charge >= 0.3 is 0 Å². The van der Waals surface area contributed by atoms with Crippen molar-refractivity contribution in [1.29, 1.82) is 0 Å². The predicted octanol–water partition coefficient (Wildman–Crippen LogP) is 2.46.